The molecule has 0 radical (unpaired) electrons. The van der Waals surface area contributed by atoms with Gasteiger partial charge >= 0.3 is 0 Å². The second-order valence-electron chi connectivity index (χ2n) is 4.53. The maximum atomic E-state index is 9.42. The summed E-state index contributed by atoms with van der Waals surface area (Å²) < 4.78 is 0. The van der Waals surface area contributed by atoms with Crippen LogP contribution in [-0.4, -0.2) is 5.87 Å². The molecule has 1 aromatic carbocycles. The van der Waals surface area contributed by atoms with E-state index in [0.717, 1.165) is 0 Å². The van der Waals surface area contributed by atoms with Crippen molar-refractivity contribution in [3.05, 3.63) is 63.1 Å². The van der Waals surface area contributed by atoms with Gasteiger partial charge in [0.15, 0.2) is 5.57 Å². The van der Waals surface area contributed by atoms with Gasteiger partial charge in [0.05, 0.1) is 28.8 Å². The van der Waals surface area contributed by atoms with Crippen LogP contribution in [0.25, 0.3) is 0 Å². The van der Waals surface area contributed by atoms with Crippen molar-refractivity contribution in [3.8, 4) is 18.2 Å². The molecule has 6 nitrogen and oxygen atoms in total. The molecule has 0 fully saturated rings. The SMILES string of the molecule is N#CC(C#N)=C1NC(N)=C(C#N)C(c2ccccc2Cl)C1=C=N. The van der Waals surface area contributed by atoms with Crippen LogP contribution in [0, 0.1) is 39.4 Å². The Hall–Kier alpha value is -3.49. The Morgan fingerprint density at radius 2 is 1.87 bits per heavy atom. The predicted octanol–water partition coefficient (Wildman–Crippen LogP) is 2.20. The Labute approximate surface area is 137 Å². The summed E-state index contributed by atoms with van der Waals surface area (Å²) in [6.45, 7) is 0. The summed E-state index contributed by atoms with van der Waals surface area (Å²) in [5, 5.41) is 38.2. The lowest BCUT2D eigenvalue weighted by Crippen LogP contribution is -2.32. The second-order valence-corrected chi connectivity index (χ2v) is 4.94. The lowest BCUT2D eigenvalue weighted by molar-refractivity contribution is 0.802. The molecule has 0 saturated heterocycles. The molecule has 23 heavy (non-hydrogen) atoms. The standard InChI is InChI=1S/C16H9ClN6/c17-13-4-2-1-3-10(13)14-11(7-20)15(9(5-18)6-19)23-16(22)12(14)8-21/h1-4,14,20,23H,22H2. The fourth-order valence-corrected chi connectivity index (χ4v) is 2.57. The third-order valence-electron chi connectivity index (χ3n) is 3.34. The maximum Gasteiger partial charge on any atom is 0.154 e. The van der Waals surface area contributed by atoms with Gasteiger partial charge in [-0.05, 0) is 17.5 Å². The number of nitrogens with two attached hydrogens (primary N) is 1. The highest BCUT2D eigenvalue weighted by Crippen LogP contribution is 2.40. The minimum atomic E-state index is -0.779. The molecule has 1 aliphatic heterocycles. The van der Waals surface area contributed by atoms with Crippen LogP contribution in [0.15, 0.2) is 52.5 Å². The predicted molar refractivity (Wildman–Crippen MR) is 83.6 cm³/mol. The Morgan fingerprint density at radius 3 is 2.39 bits per heavy atom. The molecule has 4 N–H and O–H groups in total. The van der Waals surface area contributed by atoms with Gasteiger partial charge < -0.3 is 11.1 Å². The lowest BCUT2D eigenvalue weighted by Gasteiger charge is -2.28. The van der Waals surface area contributed by atoms with E-state index in [1.54, 1.807) is 36.4 Å². The van der Waals surface area contributed by atoms with E-state index < -0.39 is 5.92 Å². The smallest absolute Gasteiger partial charge is 0.154 e. The molecular weight excluding hydrogens is 312 g/mol. The Morgan fingerprint density at radius 1 is 1.22 bits per heavy atom. The zero-order valence-electron chi connectivity index (χ0n) is 11.7. The average Bonchev–Trinajstić information content (AvgIpc) is 2.56. The summed E-state index contributed by atoms with van der Waals surface area (Å²) in [6, 6.07) is 12.3. The summed E-state index contributed by atoms with van der Waals surface area (Å²) in [7, 11) is 0. The van der Waals surface area contributed by atoms with Crippen LogP contribution in [-0.2, 0) is 0 Å². The summed E-state index contributed by atoms with van der Waals surface area (Å²) in [5.41, 5.74) is 6.52. The molecule has 7 heteroatoms. The number of nitrogens with zero attached hydrogens (tertiary/aromatic N) is 3. The zero-order chi connectivity index (χ0) is 17.0. The number of hydrogen-bond acceptors (Lipinski definition) is 6. The molecule has 110 valence electrons. The summed E-state index contributed by atoms with van der Waals surface area (Å²) in [5.74, 6) is 1.44. The summed E-state index contributed by atoms with van der Waals surface area (Å²) in [4.78, 5) is 0. The topological polar surface area (TPSA) is 133 Å². The first kappa shape index (κ1) is 15.9. The minimum Gasteiger partial charge on any atom is -0.384 e. The first-order chi connectivity index (χ1) is 11.1. The van der Waals surface area contributed by atoms with E-state index in [0.29, 0.717) is 10.6 Å². The molecule has 1 unspecified atom stereocenters. The summed E-state index contributed by atoms with van der Waals surface area (Å²) >= 11 is 6.20. The number of rotatable bonds is 1. The fraction of sp³-hybridized carbons (Fsp3) is 0.0625. The van der Waals surface area contributed by atoms with Gasteiger partial charge in [0.25, 0.3) is 0 Å². The molecule has 0 aliphatic carbocycles. The molecule has 0 spiro atoms. The molecular formula is C16H9ClN6. The van der Waals surface area contributed by atoms with Crippen molar-refractivity contribution in [1.82, 2.24) is 5.32 Å². The van der Waals surface area contributed by atoms with Crippen LogP contribution in [0.2, 0.25) is 5.02 Å². The van der Waals surface area contributed by atoms with Crippen LogP contribution in [0.3, 0.4) is 0 Å². The van der Waals surface area contributed by atoms with Gasteiger partial charge in [-0.25, -0.2) is 0 Å². The van der Waals surface area contributed by atoms with Crippen molar-refractivity contribution in [2.75, 3.05) is 0 Å². The van der Waals surface area contributed by atoms with E-state index in [1.807, 2.05) is 6.07 Å². The summed E-state index contributed by atoms with van der Waals surface area (Å²) in [6.07, 6.45) is 0. The van der Waals surface area contributed by atoms with Gasteiger partial charge in [-0.1, -0.05) is 29.8 Å². The maximum absolute atomic E-state index is 9.42. The molecule has 1 heterocycles. The molecule has 0 saturated carbocycles. The first-order valence-electron chi connectivity index (χ1n) is 6.34. The Bertz CT molecular complexity index is 897. The first-order valence-corrected chi connectivity index (χ1v) is 6.72. The van der Waals surface area contributed by atoms with E-state index in [2.05, 4.69) is 11.2 Å². The second kappa shape index (κ2) is 6.52. The number of allylic oxidation sites excluding steroid dienone is 3. The molecule has 1 aromatic rings. The lowest BCUT2D eigenvalue weighted by atomic mass is 9.80. The highest BCUT2D eigenvalue weighted by atomic mass is 35.5. The largest absolute Gasteiger partial charge is 0.384 e. The number of benzene rings is 1. The van der Waals surface area contributed by atoms with E-state index in [-0.39, 0.29) is 28.2 Å². The van der Waals surface area contributed by atoms with Crippen molar-refractivity contribution in [1.29, 1.82) is 21.2 Å². The molecule has 0 bridgehead atoms. The molecule has 0 aromatic heterocycles. The van der Waals surface area contributed by atoms with Gasteiger partial charge in [-0.3, -0.25) is 5.41 Å². The van der Waals surface area contributed by atoms with Crippen molar-refractivity contribution in [2.45, 2.75) is 5.92 Å². The van der Waals surface area contributed by atoms with Gasteiger partial charge in [-0.2, -0.15) is 15.8 Å². The molecule has 0 amide bonds. The number of nitriles is 3. The average molecular weight is 321 g/mol. The van der Waals surface area contributed by atoms with Crippen LogP contribution < -0.4 is 11.1 Å². The minimum absolute atomic E-state index is 0.00872. The highest BCUT2D eigenvalue weighted by Gasteiger charge is 2.34. The van der Waals surface area contributed by atoms with Crippen LogP contribution in [0.4, 0.5) is 0 Å². The quantitative estimate of drug-likeness (QED) is 0.538. The Balaban J connectivity index is 2.85. The van der Waals surface area contributed by atoms with E-state index in [4.69, 9.17) is 33.3 Å². The van der Waals surface area contributed by atoms with Gasteiger partial charge in [0.1, 0.15) is 18.0 Å². The molecule has 1 atom stereocenters. The van der Waals surface area contributed by atoms with Crippen LogP contribution in [0.5, 0.6) is 0 Å². The van der Waals surface area contributed by atoms with Crippen molar-refractivity contribution in [2.24, 2.45) is 5.73 Å². The van der Waals surface area contributed by atoms with E-state index in [1.165, 1.54) is 0 Å². The molecule has 2 rings (SSSR count). The van der Waals surface area contributed by atoms with Gasteiger partial charge in [0.2, 0.25) is 0 Å². The van der Waals surface area contributed by atoms with Crippen LogP contribution in [0.1, 0.15) is 11.5 Å². The normalized spacial score (nSPS) is 16.5. The van der Waals surface area contributed by atoms with Crippen molar-refractivity contribution < 1.29 is 0 Å². The Kier molecular flexibility index (Phi) is 4.50. The van der Waals surface area contributed by atoms with Crippen LogP contribution >= 0.6 is 11.6 Å². The van der Waals surface area contributed by atoms with E-state index in [9.17, 15) is 5.26 Å². The fourth-order valence-electron chi connectivity index (χ4n) is 2.33. The van der Waals surface area contributed by atoms with Crippen molar-refractivity contribution >= 4 is 17.5 Å². The van der Waals surface area contributed by atoms with Gasteiger partial charge in [0, 0.05) is 5.02 Å². The third-order valence-corrected chi connectivity index (χ3v) is 3.69. The number of nitrogens with one attached hydrogen (secondary N) is 2. The molecule has 1 aliphatic rings. The number of hydrogen-bond donors (Lipinski definition) is 3. The van der Waals surface area contributed by atoms with Crippen molar-refractivity contribution in [3.63, 3.8) is 0 Å². The number of halogens is 1. The zero-order valence-corrected chi connectivity index (χ0v) is 12.4. The van der Waals surface area contributed by atoms with E-state index >= 15 is 0 Å². The highest BCUT2D eigenvalue weighted by molar-refractivity contribution is 6.31. The van der Waals surface area contributed by atoms with Gasteiger partial charge in [-0.15, -0.1) is 0 Å². The third kappa shape index (κ3) is 2.67. The monoisotopic (exact) mass is 320 g/mol.